The molecule has 2 rings (SSSR count). The largest absolute Gasteiger partial charge is 0.465 e. The van der Waals surface area contributed by atoms with Gasteiger partial charge < -0.3 is 19.7 Å². The highest BCUT2D eigenvalue weighted by Crippen LogP contribution is 2.26. The molecule has 10 heteroatoms. The zero-order valence-electron chi connectivity index (χ0n) is 15.1. The van der Waals surface area contributed by atoms with Crippen molar-refractivity contribution in [2.45, 2.75) is 38.8 Å². The standard InChI is InChI=1S/C16H22N4O6/c1-16(2,3)26-15(22)18-10-5-6-19(9-10)13-12(14(21)25-4)7-11(8-17-13)20(23)24/h7-8,10H,5-6,9H2,1-4H3,(H,18,22). The Labute approximate surface area is 150 Å². The molecule has 1 aromatic heterocycles. The number of ether oxygens (including phenoxy) is 2. The van der Waals surface area contributed by atoms with Gasteiger partial charge in [-0.05, 0) is 27.2 Å². The lowest BCUT2D eigenvalue weighted by Crippen LogP contribution is -2.40. The van der Waals surface area contributed by atoms with Crippen LogP contribution in [0.3, 0.4) is 0 Å². The molecule has 0 saturated carbocycles. The van der Waals surface area contributed by atoms with Crippen LogP contribution in [0.25, 0.3) is 0 Å². The lowest BCUT2D eigenvalue weighted by molar-refractivity contribution is -0.385. The normalized spacial score (nSPS) is 16.9. The van der Waals surface area contributed by atoms with Crippen LogP contribution < -0.4 is 10.2 Å². The number of nitrogens with one attached hydrogen (secondary N) is 1. The summed E-state index contributed by atoms with van der Waals surface area (Å²) < 4.78 is 9.93. The zero-order valence-corrected chi connectivity index (χ0v) is 15.1. The third-order valence-corrected chi connectivity index (χ3v) is 3.68. The Kier molecular flexibility index (Phi) is 5.63. The molecule has 10 nitrogen and oxygen atoms in total. The molecule has 142 valence electrons. The molecule has 1 fully saturated rings. The van der Waals surface area contributed by atoms with Crippen molar-refractivity contribution in [2.24, 2.45) is 0 Å². The van der Waals surface area contributed by atoms with Gasteiger partial charge in [-0.2, -0.15) is 0 Å². The highest BCUT2D eigenvalue weighted by molar-refractivity contribution is 5.95. The minimum absolute atomic E-state index is 0.0135. The molecule has 1 amide bonds. The molecule has 0 bridgehead atoms. The van der Waals surface area contributed by atoms with Crippen molar-refractivity contribution in [3.8, 4) is 0 Å². The first-order valence-corrected chi connectivity index (χ1v) is 8.08. The number of pyridine rings is 1. The second-order valence-corrected chi connectivity index (χ2v) is 6.89. The van der Waals surface area contributed by atoms with Gasteiger partial charge in [0.15, 0.2) is 0 Å². The lowest BCUT2D eigenvalue weighted by Gasteiger charge is -2.22. The first-order chi connectivity index (χ1) is 12.1. The van der Waals surface area contributed by atoms with Crippen molar-refractivity contribution in [3.05, 3.63) is 27.9 Å². The number of anilines is 1. The van der Waals surface area contributed by atoms with E-state index in [-0.39, 0.29) is 23.1 Å². The van der Waals surface area contributed by atoms with E-state index in [1.807, 2.05) is 0 Å². The van der Waals surface area contributed by atoms with Gasteiger partial charge in [-0.1, -0.05) is 0 Å². The van der Waals surface area contributed by atoms with Crippen molar-refractivity contribution < 1.29 is 24.0 Å². The van der Waals surface area contributed by atoms with Gasteiger partial charge in [-0.25, -0.2) is 14.6 Å². The summed E-state index contributed by atoms with van der Waals surface area (Å²) in [6.45, 7) is 6.24. The van der Waals surface area contributed by atoms with Crippen LogP contribution in [0.4, 0.5) is 16.3 Å². The summed E-state index contributed by atoms with van der Waals surface area (Å²) in [7, 11) is 1.20. The predicted molar refractivity (Wildman–Crippen MR) is 92.2 cm³/mol. The number of amides is 1. The van der Waals surface area contributed by atoms with Crippen molar-refractivity contribution in [1.29, 1.82) is 0 Å². The van der Waals surface area contributed by atoms with Gasteiger partial charge in [0.2, 0.25) is 0 Å². The number of nitro groups is 1. The van der Waals surface area contributed by atoms with E-state index in [4.69, 9.17) is 9.47 Å². The van der Waals surface area contributed by atoms with Crippen LogP contribution in [-0.4, -0.2) is 53.8 Å². The van der Waals surface area contributed by atoms with Crippen LogP contribution in [-0.2, 0) is 9.47 Å². The molecule has 26 heavy (non-hydrogen) atoms. The van der Waals surface area contributed by atoms with Crippen LogP contribution in [0.2, 0.25) is 0 Å². The van der Waals surface area contributed by atoms with Crippen LogP contribution >= 0.6 is 0 Å². The first kappa shape index (κ1) is 19.4. The number of carbonyl (C=O) groups is 2. The molecule has 1 unspecified atom stereocenters. The molecule has 1 atom stereocenters. The predicted octanol–water partition coefficient (Wildman–Crippen LogP) is 1.88. The monoisotopic (exact) mass is 366 g/mol. The molecule has 0 radical (unpaired) electrons. The molecule has 1 saturated heterocycles. The van der Waals surface area contributed by atoms with Gasteiger partial charge in [0.1, 0.15) is 23.2 Å². The Balaban J connectivity index is 2.13. The molecule has 1 aromatic rings. The van der Waals surface area contributed by atoms with E-state index in [1.54, 1.807) is 25.7 Å². The minimum atomic E-state index is -0.709. The highest BCUT2D eigenvalue weighted by Gasteiger charge is 2.30. The maximum atomic E-state index is 12.0. The molecular weight excluding hydrogens is 344 g/mol. The quantitative estimate of drug-likeness (QED) is 0.486. The van der Waals surface area contributed by atoms with E-state index < -0.39 is 22.6 Å². The molecule has 0 spiro atoms. The number of rotatable bonds is 4. The number of esters is 1. The Morgan fingerprint density at radius 1 is 1.42 bits per heavy atom. The number of hydrogen-bond acceptors (Lipinski definition) is 8. The third kappa shape index (κ3) is 4.80. The third-order valence-electron chi connectivity index (χ3n) is 3.68. The molecule has 1 aliphatic rings. The number of nitrogens with zero attached hydrogens (tertiary/aromatic N) is 3. The molecular formula is C16H22N4O6. The van der Waals surface area contributed by atoms with Gasteiger partial charge >= 0.3 is 12.1 Å². The van der Waals surface area contributed by atoms with E-state index in [0.717, 1.165) is 12.3 Å². The van der Waals surface area contributed by atoms with Crippen LogP contribution in [0.5, 0.6) is 0 Å². The summed E-state index contributed by atoms with van der Waals surface area (Å²) in [6.07, 6.45) is 1.20. The summed E-state index contributed by atoms with van der Waals surface area (Å²) in [6, 6.07) is 0.954. The van der Waals surface area contributed by atoms with E-state index in [9.17, 15) is 19.7 Å². The van der Waals surface area contributed by atoms with Crippen LogP contribution in [0.1, 0.15) is 37.6 Å². The summed E-state index contributed by atoms with van der Waals surface area (Å²) in [5.74, 6) is -0.421. The highest BCUT2D eigenvalue weighted by atomic mass is 16.6. The van der Waals surface area contributed by atoms with Crippen molar-refractivity contribution in [3.63, 3.8) is 0 Å². The fourth-order valence-electron chi connectivity index (χ4n) is 2.60. The minimum Gasteiger partial charge on any atom is -0.465 e. The number of alkyl carbamates (subject to hydrolysis) is 1. The van der Waals surface area contributed by atoms with Gasteiger partial charge in [-0.15, -0.1) is 0 Å². The average molecular weight is 366 g/mol. The summed E-state index contributed by atoms with van der Waals surface area (Å²) >= 11 is 0. The van der Waals surface area contributed by atoms with Crippen LogP contribution in [0, 0.1) is 10.1 Å². The molecule has 1 aliphatic heterocycles. The van der Waals surface area contributed by atoms with Gasteiger partial charge in [0.05, 0.1) is 18.1 Å². The Bertz CT molecular complexity index is 715. The fraction of sp³-hybridized carbons (Fsp3) is 0.562. The van der Waals surface area contributed by atoms with Gasteiger partial charge in [-0.3, -0.25) is 10.1 Å². The number of aromatic nitrogens is 1. The summed E-state index contributed by atoms with van der Waals surface area (Å²) in [5, 5.41) is 13.7. The van der Waals surface area contributed by atoms with E-state index in [2.05, 4.69) is 10.3 Å². The second kappa shape index (κ2) is 7.54. The maximum absolute atomic E-state index is 12.0. The van der Waals surface area contributed by atoms with Crippen molar-refractivity contribution >= 4 is 23.6 Å². The summed E-state index contributed by atoms with van der Waals surface area (Å²) in [5.41, 5.74) is -0.878. The summed E-state index contributed by atoms with van der Waals surface area (Å²) in [4.78, 5) is 40.0. The van der Waals surface area contributed by atoms with Crippen LogP contribution in [0.15, 0.2) is 12.3 Å². The molecule has 1 N–H and O–H groups in total. The maximum Gasteiger partial charge on any atom is 0.407 e. The average Bonchev–Trinajstić information content (AvgIpc) is 2.99. The Morgan fingerprint density at radius 3 is 2.69 bits per heavy atom. The van der Waals surface area contributed by atoms with E-state index >= 15 is 0 Å². The lowest BCUT2D eigenvalue weighted by atomic mass is 10.2. The fourth-order valence-corrected chi connectivity index (χ4v) is 2.60. The van der Waals surface area contributed by atoms with Crippen molar-refractivity contribution in [1.82, 2.24) is 10.3 Å². The first-order valence-electron chi connectivity index (χ1n) is 8.08. The number of hydrogen-bond donors (Lipinski definition) is 1. The van der Waals surface area contributed by atoms with E-state index in [0.29, 0.717) is 19.5 Å². The smallest absolute Gasteiger partial charge is 0.407 e. The number of carbonyl (C=O) groups excluding carboxylic acids is 2. The van der Waals surface area contributed by atoms with Crippen molar-refractivity contribution in [2.75, 3.05) is 25.1 Å². The zero-order chi connectivity index (χ0) is 19.5. The molecule has 2 heterocycles. The van der Waals surface area contributed by atoms with Gasteiger partial charge in [0, 0.05) is 19.2 Å². The van der Waals surface area contributed by atoms with E-state index in [1.165, 1.54) is 7.11 Å². The second-order valence-electron chi connectivity index (χ2n) is 6.89. The Hall–Kier alpha value is -2.91. The SMILES string of the molecule is COC(=O)c1cc([N+](=O)[O-])cnc1N1CCC(NC(=O)OC(C)(C)C)C1. The molecule has 0 aromatic carbocycles. The Morgan fingerprint density at radius 2 is 2.12 bits per heavy atom. The topological polar surface area (TPSA) is 124 Å². The number of methoxy groups -OCH3 is 1. The molecule has 0 aliphatic carbocycles. The van der Waals surface area contributed by atoms with Gasteiger partial charge in [0.25, 0.3) is 5.69 Å².